The van der Waals surface area contributed by atoms with Crippen molar-refractivity contribution in [3.63, 3.8) is 0 Å². The van der Waals surface area contributed by atoms with Crippen molar-refractivity contribution in [2.24, 2.45) is 0 Å². The minimum atomic E-state index is -0.785. The average Bonchev–Trinajstić information content (AvgIpc) is 2.38. The molecule has 0 spiro atoms. The monoisotopic (exact) mass is 270 g/mol. The Hall–Kier alpha value is -2.02. The third-order valence-corrected chi connectivity index (χ3v) is 2.93. The number of carbonyl (C=O) groups is 1. The maximum absolute atomic E-state index is 13.9. The van der Waals surface area contributed by atoms with E-state index in [0.717, 1.165) is 17.0 Å². The number of halogens is 1. The van der Waals surface area contributed by atoms with E-state index in [9.17, 15) is 19.3 Å². The highest BCUT2D eigenvalue weighted by atomic mass is 19.1. The predicted molar refractivity (Wildman–Crippen MR) is 66.4 cm³/mol. The van der Waals surface area contributed by atoms with Crippen molar-refractivity contribution in [2.45, 2.75) is 19.9 Å². The van der Waals surface area contributed by atoms with Crippen molar-refractivity contribution in [1.82, 2.24) is 4.90 Å². The molecule has 1 atom stereocenters. The van der Waals surface area contributed by atoms with E-state index >= 15 is 0 Å². The molecule has 0 aliphatic rings. The van der Waals surface area contributed by atoms with Gasteiger partial charge in [-0.25, -0.2) is 4.39 Å². The van der Waals surface area contributed by atoms with Gasteiger partial charge in [-0.1, -0.05) is 0 Å². The van der Waals surface area contributed by atoms with Crippen LogP contribution in [0.4, 0.5) is 10.1 Å². The van der Waals surface area contributed by atoms with E-state index in [-0.39, 0.29) is 23.4 Å². The van der Waals surface area contributed by atoms with Crippen LogP contribution in [-0.2, 0) is 0 Å². The molecule has 19 heavy (non-hydrogen) atoms. The molecule has 0 aromatic heterocycles. The van der Waals surface area contributed by atoms with E-state index in [2.05, 4.69) is 0 Å². The zero-order chi connectivity index (χ0) is 14.7. The van der Waals surface area contributed by atoms with Gasteiger partial charge in [0.05, 0.1) is 23.1 Å². The van der Waals surface area contributed by atoms with Gasteiger partial charge in [0.2, 0.25) is 0 Å². The zero-order valence-electron chi connectivity index (χ0n) is 10.9. The molecule has 0 aliphatic heterocycles. The fourth-order valence-corrected chi connectivity index (χ4v) is 1.52. The van der Waals surface area contributed by atoms with E-state index in [1.165, 1.54) is 14.0 Å². The molecule has 104 valence electrons. The fourth-order valence-electron chi connectivity index (χ4n) is 1.52. The first-order chi connectivity index (χ1) is 8.79. The van der Waals surface area contributed by atoms with E-state index < -0.39 is 22.7 Å². The van der Waals surface area contributed by atoms with Crippen LogP contribution < -0.4 is 0 Å². The van der Waals surface area contributed by atoms with Gasteiger partial charge in [0, 0.05) is 19.2 Å². The first kappa shape index (κ1) is 15.0. The molecule has 0 bridgehead atoms. The Morgan fingerprint density at radius 2 is 2.16 bits per heavy atom. The highest BCUT2D eigenvalue weighted by Gasteiger charge is 2.24. The van der Waals surface area contributed by atoms with Crippen LogP contribution >= 0.6 is 0 Å². The van der Waals surface area contributed by atoms with Gasteiger partial charge in [0.1, 0.15) is 5.82 Å². The summed E-state index contributed by atoms with van der Waals surface area (Å²) >= 11 is 0. The Morgan fingerprint density at radius 3 is 2.63 bits per heavy atom. The maximum atomic E-state index is 13.9. The van der Waals surface area contributed by atoms with Crippen molar-refractivity contribution in [3.05, 3.63) is 39.2 Å². The molecular weight excluding hydrogens is 255 g/mol. The molecular formula is C12H15FN2O4. The number of hydrogen-bond donors (Lipinski definition) is 1. The number of benzene rings is 1. The van der Waals surface area contributed by atoms with Crippen LogP contribution in [0.25, 0.3) is 0 Å². The SMILES string of the molecule is Cc1cc([N+](=O)[O-])cc(C(=O)N(C)C(C)CO)c1F. The molecule has 6 nitrogen and oxygen atoms in total. The van der Waals surface area contributed by atoms with Crippen molar-refractivity contribution < 1.29 is 19.2 Å². The number of likely N-dealkylation sites (N-methyl/N-ethyl adjacent to an activating group) is 1. The Morgan fingerprint density at radius 1 is 1.58 bits per heavy atom. The molecule has 0 radical (unpaired) electrons. The van der Waals surface area contributed by atoms with Gasteiger partial charge in [-0.05, 0) is 19.4 Å². The highest BCUT2D eigenvalue weighted by Crippen LogP contribution is 2.22. The van der Waals surface area contributed by atoms with Gasteiger partial charge < -0.3 is 10.0 Å². The first-order valence-corrected chi connectivity index (χ1v) is 5.62. The Bertz CT molecular complexity index is 519. The number of amides is 1. The Balaban J connectivity index is 3.26. The fraction of sp³-hybridized carbons (Fsp3) is 0.417. The van der Waals surface area contributed by atoms with Crippen LogP contribution in [0.2, 0.25) is 0 Å². The number of aryl methyl sites for hydroxylation is 1. The predicted octanol–water partition coefficient (Wildman–Crippen LogP) is 1.50. The summed E-state index contributed by atoms with van der Waals surface area (Å²) < 4.78 is 13.9. The third-order valence-electron chi connectivity index (χ3n) is 2.93. The lowest BCUT2D eigenvalue weighted by molar-refractivity contribution is -0.385. The number of nitro benzene ring substituents is 1. The Kier molecular flexibility index (Phi) is 4.55. The lowest BCUT2D eigenvalue weighted by atomic mass is 10.1. The van der Waals surface area contributed by atoms with Crippen LogP contribution in [-0.4, -0.2) is 40.5 Å². The summed E-state index contributed by atoms with van der Waals surface area (Å²) in [6.45, 7) is 2.66. The van der Waals surface area contributed by atoms with Gasteiger partial charge >= 0.3 is 0 Å². The summed E-state index contributed by atoms with van der Waals surface area (Å²) in [5, 5.41) is 19.7. The largest absolute Gasteiger partial charge is 0.394 e. The smallest absolute Gasteiger partial charge is 0.270 e. The van der Waals surface area contributed by atoms with Gasteiger partial charge in [-0.3, -0.25) is 14.9 Å². The molecule has 0 heterocycles. The van der Waals surface area contributed by atoms with Crippen molar-refractivity contribution in [2.75, 3.05) is 13.7 Å². The second kappa shape index (κ2) is 5.75. The average molecular weight is 270 g/mol. The van der Waals surface area contributed by atoms with Gasteiger partial charge in [-0.15, -0.1) is 0 Å². The molecule has 0 aliphatic carbocycles. The van der Waals surface area contributed by atoms with E-state index in [0.29, 0.717) is 0 Å². The normalized spacial score (nSPS) is 12.1. The van der Waals surface area contributed by atoms with Crippen LogP contribution in [0.5, 0.6) is 0 Å². The number of nitrogens with zero attached hydrogens (tertiary/aromatic N) is 2. The molecule has 1 amide bonds. The highest BCUT2D eigenvalue weighted by molar-refractivity contribution is 5.95. The van der Waals surface area contributed by atoms with Gasteiger partial charge in [0.15, 0.2) is 0 Å². The number of non-ortho nitro benzene ring substituents is 1. The van der Waals surface area contributed by atoms with Crippen molar-refractivity contribution >= 4 is 11.6 Å². The summed E-state index contributed by atoms with van der Waals surface area (Å²) in [7, 11) is 1.40. The Labute approximate surface area is 109 Å². The van der Waals surface area contributed by atoms with Crippen LogP contribution in [0.1, 0.15) is 22.8 Å². The first-order valence-electron chi connectivity index (χ1n) is 5.62. The molecule has 7 heteroatoms. The number of aliphatic hydroxyl groups is 1. The summed E-state index contributed by atoms with van der Waals surface area (Å²) in [5.41, 5.74) is -0.676. The summed E-state index contributed by atoms with van der Waals surface area (Å²) in [6.07, 6.45) is 0. The number of nitro groups is 1. The number of aliphatic hydroxyl groups excluding tert-OH is 1. The van der Waals surface area contributed by atoms with Crippen molar-refractivity contribution in [3.8, 4) is 0 Å². The minimum absolute atomic E-state index is 0.0302. The molecule has 0 fully saturated rings. The van der Waals surface area contributed by atoms with Crippen LogP contribution in [0.15, 0.2) is 12.1 Å². The van der Waals surface area contributed by atoms with E-state index in [1.54, 1.807) is 6.92 Å². The zero-order valence-corrected chi connectivity index (χ0v) is 10.9. The second-order valence-electron chi connectivity index (χ2n) is 4.33. The molecule has 1 aromatic carbocycles. The van der Waals surface area contributed by atoms with Gasteiger partial charge in [0.25, 0.3) is 11.6 Å². The number of carbonyl (C=O) groups excluding carboxylic acids is 1. The standard InChI is InChI=1S/C12H15FN2O4/c1-7-4-9(15(18)19)5-10(11(7)13)12(17)14(3)8(2)6-16/h4-5,8,16H,6H2,1-3H3. The molecule has 1 aromatic rings. The summed E-state index contributed by atoms with van der Waals surface area (Å²) in [4.78, 5) is 23.2. The summed E-state index contributed by atoms with van der Waals surface area (Å²) in [5.74, 6) is -1.49. The molecule has 1 N–H and O–H groups in total. The molecule has 0 saturated heterocycles. The maximum Gasteiger partial charge on any atom is 0.270 e. The lowest BCUT2D eigenvalue weighted by Crippen LogP contribution is -2.37. The molecule has 1 unspecified atom stereocenters. The van der Waals surface area contributed by atoms with Crippen LogP contribution in [0.3, 0.4) is 0 Å². The lowest BCUT2D eigenvalue weighted by Gasteiger charge is -2.23. The number of hydrogen-bond acceptors (Lipinski definition) is 4. The molecule has 0 saturated carbocycles. The number of rotatable bonds is 4. The van der Waals surface area contributed by atoms with Crippen LogP contribution in [0, 0.1) is 22.9 Å². The van der Waals surface area contributed by atoms with E-state index in [1.807, 2.05) is 0 Å². The van der Waals surface area contributed by atoms with Gasteiger partial charge in [-0.2, -0.15) is 0 Å². The summed E-state index contributed by atoms with van der Waals surface area (Å²) in [6, 6.07) is 1.47. The quantitative estimate of drug-likeness (QED) is 0.663. The van der Waals surface area contributed by atoms with Crippen molar-refractivity contribution in [1.29, 1.82) is 0 Å². The topological polar surface area (TPSA) is 83.7 Å². The molecule has 1 rings (SSSR count). The third kappa shape index (κ3) is 3.05. The van der Waals surface area contributed by atoms with E-state index in [4.69, 9.17) is 5.11 Å². The second-order valence-corrected chi connectivity index (χ2v) is 4.33. The minimum Gasteiger partial charge on any atom is -0.394 e.